The zero-order chi connectivity index (χ0) is 17.4. The van der Waals surface area contributed by atoms with Crippen LogP contribution < -0.4 is 0 Å². The molecule has 3 aromatic carbocycles. The Kier molecular flexibility index (Phi) is 3.88. The summed E-state index contributed by atoms with van der Waals surface area (Å²) in [7, 11) is 0. The van der Waals surface area contributed by atoms with E-state index in [1.54, 1.807) is 0 Å². The molecule has 1 unspecified atom stereocenters. The molecule has 130 valence electrons. The van der Waals surface area contributed by atoms with E-state index in [9.17, 15) is 0 Å². The van der Waals surface area contributed by atoms with Crippen molar-refractivity contribution < 1.29 is 4.74 Å². The molecule has 0 aromatic heterocycles. The Morgan fingerprint density at radius 2 is 1.27 bits per heavy atom. The summed E-state index contributed by atoms with van der Waals surface area (Å²) >= 11 is 0. The summed E-state index contributed by atoms with van der Waals surface area (Å²) in [6.45, 7) is 1.07. The average molecular weight is 341 g/mol. The van der Waals surface area contributed by atoms with Gasteiger partial charge in [-0.25, -0.2) is 0 Å². The van der Waals surface area contributed by atoms with Crippen LogP contribution in [0.1, 0.15) is 35.6 Å². The molecule has 0 N–H and O–H groups in total. The Bertz CT molecular complexity index is 823. The number of fused-ring (bicyclic) bond motifs is 1. The zero-order valence-electron chi connectivity index (χ0n) is 14.8. The molecule has 0 saturated carbocycles. The molecule has 3 aromatic rings. The fraction of sp³-hybridized carbons (Fsp3) is 0.250. The maximum atomic E-state index is 7.00. The van der Waals surface area contributed by atoms with Crippen LogP contribution in [0.25, 0.3) is 0 Å². The van der Waals surface area contributed by atoms with Crippen molar-refractivity contribution in [3.05, 3.63) is 108 Å². The molecule has 0 aliphatic carbocycles. The molecule has 2 aliphatic rings. The zero-order valence-corrected chi connectivity index (χ0v) is 14.8. The number of benzene rings is 3. The number of hydrogen-bond donors (Lipinski definition) is 0. The summed E-state index contributed by atoms with van der Waals surface area (Å²) in [4.78, 5) is 2.59. The summed E-state index contributed by atoms with van der Waals surface area (Å²) < 4.78 is 7.00. The minimum Gasteiger partial charge on any atom is -0.342 e. The molecule has 2 nitrogen and oxygen atoms in total. The minimum atomic E-state index is -0.510. The van der Waals surface area contributed by atoms with Crippen molar-refractivity contribution in [2.24, 2.45) is 0 Å². The number of ether oxygens (including phenoxy) is 1. The highest BCUT2D eigenvalue weighted by Gasteiger charge is 2.56. The first-order chi connectivity index (χ1) is 12.9. The van der Waals surface area contributed by atoms with Gasteiger partial charge in [-0.2, -0.15) is 0 Å². The fourth-order valence-corrected chi connectivity index (χ4v) is 4.72. The smallest absolute Gasteiger partial charge is 0.175 e. The molecule has 0 radical (unpaired) electrons. The highest BCUT2D eigenvalue weighted by molar-refractivity contribution is 5.39. The van der Waals surface area contributed by atoms with Gasteiger partial charge in [-0.15, -0.1) is 0 Å². The quantitative estimate of drug-likeness (QED) is 0.655. The van der Waals surface area contributed by atoms with E-state index in [1.807, 2.05) is 0 Å². The van der Waals surface area contributed by atoms with Gasteiger partial charge in [-0.3, -0.25) is 4.90 Å². The molecule has 2 atom stereocenters. The van der Waals surface area contributed by atoms with Gasteiger partial charge in [0.25, 0.3) is 0 Å². The van der Waals surface area contributed by atoms with E-state index in [4.69, 9.17) is 4.74 Å². The Morgan fingerprint density at radius 3 is 1.85 bits per heavy atom. The van der Waals surface area contributed by atoms with Gasteiger partial charge in [0.05, 0.1) is 0 Å². The fourth-order valence-electron chi connectivity index (χ4n) is 4.72. The second-order valence-corrected chi connectivity index (χ2v) is 7.23. The first-order valence-electron chi connectivity index (χ1n) is 9.50. The predicted molar refractivity (Wildman–Crippen MR) is 104 cm³/mol. The van der Waals surface area contributed by atoms with Crippen LogP contribution >= 0.6 is 0 Å². The monoisotopic (exact) mass is 341 g/mol. The van der Waals surface area contributed by atoms with Gasteiger partial charge in [0, 0.05) is 23.7 Å². The molecule has 2 heteroatoms. The molecule has 2 aliphatic heterocycles. The van der Waals surface area contributed by atoms with Crippen LogP contribution in [0.4, 0.5) is 0 Å². The molecule has 2 saturated heterocycles. The minimum absolute atomic E-state index is 0.0964. The second kappa shape index (κ2) is 6.39. The Balaban J connectivity index is 1.70. The van der Waals surface area contributed by atoms with Gasteiger partial charge < -0.3 is 4.74 Å². The van der Waals surface area contributed by atoms with Crippen LogP contribution in [-0.2, 0) is 10.5 Å². The van der Waals surface area contributed by atoms with E-state index >= 15 is 0 Å². The number of hydrogen-bond acceptors (Lipinski definition) is 2. The lowest BCUT2D eigenvalue weighted by Crippen LogP contribution is -2.44. The van der Waals surface area contributed by atoms with E-state index in [-0.39, 0.29) is 6.10 Å². The van der Waals surface area contributed by atoms with Gasteiger partial charge in [-0.05, 0) is 18.4 Å². The summed E-state index contributed by atoms with van der Waals surface area (Å²) in [6.07, 6.45) is 2.50. The van der Waals surface area contributed by atoms with Gasteiger partial charge in [0.1, 0.15) is 6.10 Å². The summed E-state index contributed by atoms with van der Waals surface area (Å²) in [5.41, 5.74) is 3.20. The van der Waals surface area contributed by atoms with Crippen molar-refractivity contribution in [3.63, 3.8) is 0 Å². The van der Waals surface area contributed by atoms with Gasteiger partial charge >= 0.3 is 0 Å². The van der Waals surface area contributed by atoms with Crippen LogP contribution in [-0.4, -0.2) is 17.5 Å². The SMILES string of the molecule is c1ccc(C2OC(c3ccccc3)(c3ccccc3)N3CCC[C@H]23)cc1. The molecule has 0 spiro atoms. The third-order valence-corrected chi connectivity index (χ3v) is 5.81. The average Bonchev–Trinajstić information content (AvgIpc) is 3.32. The molecule has 0 amide bonds. The maximum absolute atomic E-state index is 7.00. The summed E-state index contributed by atoms with van der Waals surface area (Å²) in [6, 6.07) is 32.6. The summed E-state index contributed by atoms with van der Waals surface area (Å²) in [5.74, 6) is 0. The van der Waals surface area contributed by atoms with Crippen molar-refractivity contribution in [2.75, 3.05) is 6.54 Å². The standard InChI is InChI=1S/C24H23NO/c1-4-11-19(12-5-1)23-22-17-10-18-25(22)24(26-23,20-13-6-2-7-14-20)21-15-8-3-9-16-21/h1-9,11-16,22-23H,10,17-18H2/t22-,23?/m1/s1. The van der Waals surface area contributed by atoms with Crippen molar-refractivity contribution >= 4 is 0 Å². The van der Waals surface area contributed by atoms with Crippen LogP contribution in [0, 0.1) is 0 Å². The van der Waals surface area contributed by atoms with E-state index in [0.29, 0.717) is 6.04 Å². The molecular formula is C24H23NO. The van der Waals surface area contributed by atoms with Crippen LogP contribution in [0.3, 0.4) is 0 Å². The third kappa shape index (κ3) is 2.33. The van der Waals surface area contributed by atoms with E-state index in [2.05, 4.69) is 95.9 Å². The Hall–Kier alpha value is -2.42. The van der Waals surface area contributed by atoms with Gasteiger partial charge in [-0.1, -0.05) is 91.0 Å². The highest BCUT2D eigenvalue weighted by Crippen LogP contribution is 2.53. The lowest BCUT2D eigenvalue weighted by molar-refractivity contribution is -0.0780. The maximum Gasteiger partial charge on any atom is 0.175 e. The topological polar surface area (TPSA) is 12.5 Å². The van der Waals surface area contributed by atoms with Crippen LogP contribution in [0.15, 0.2) is 91.0 Å². The third-order valence-electron chi connectivity index (χ3n) is 5.81. The normalized spacial score (nSPS) is 24.5. The van der Waals surface area contributed by atoms with E-state index in [0.717, 1.165) is 6.54 Å². The van der Waals surface area contributed by atoms with Crippen molar-refractivity contribution in [2.45, 2.75) is 30.7 Å². The lowest BCUT2D eigenvalue weighted by atomic mass is 9.93. The van der Waals surface area contributed by atoms with E-state index < -0.39 is 5.72 Å². The molecule has 0 bridgehead atoms. The highest BCUT2D eigenvalue weighted by atomic mass is 16.5. The first-order valence-corrected chi connectivity index (χ1v) is 9.50. The molecular weight excluding hydrogens is 318 g/mol. The van der Waals surface area contributed by atoms with Gasteiger partial charge in [0.15, 0.2) is 5.72 Å². The van der Waals surface area contributed by atoms with E-state index in [1.165, 1.54) is 29.5 Å². The Morgan fingerprint density at radius 1 is 0.731 bits per heavy atom. The van der Waals surface area contributed by atoms with Crippen molar-refractivity contribution in [1.82, 2.24) is 4.90 Å². The van der Waals surface area contributed by atoms with Crippen molar-refractivity contribution in [3.8, 4) is 0 Å². The first kappa shape index (κ1) is 15.8. The van der Waals surface area contributed by atoms with Gasteiger partial charge in [0.2, 0.25) is 0 Å². The predicted octanol–water partition coefficient (Wildman–Crippen LogP) is 5.12. The number of nitrogens with zero attached hydrogens (tertiary/aromatic N) is 1. The van der Waals surface area contributed by atoms with Crippen LogP contribution in [0.5, 0.6) is 0 Å². The molecule has 2 heterocycles. The van der Waals surface area contributed by atoms with Crippen LogP contribution in [0.2, 0.25) is 0 Å². The Labute approximate surface area is 155 Å². The largest absolute Gasteiger partial charge is 0.342 e. The molecule has 26 heavy (non-hydrogen) atoms. The molecule has 2 fully saturated rings. The summed E-state index contributed by atoms with van der Waals surface area (Å²) in [5, 5.41) is 0. The van der Waals surface area contributed by atoms with Crippen molar-refractivity contribution in [1.29, 1.82) is 0 Å². The second-order valence-electron chi connectivity index (χ2n) is 7.23. The molecule has 5 rings (SSSR count). The number of rotatable bonds is 3. The lowest BCUT2D eigenvalue weighted by Gasteiger charge is -2.37.